The lowest BCUT2D eigenvalue weighted by Crippen LogP contribution is -1.98. The molecule has 22 heavy (non-hydrogen) atoms. The van der Waals surface area contributed by atoms with Gasteiger partial charge in [0.25, 0.3) is 0 Å². The standard InChI is InChI=1S/C17H17N3OS/c1-4-6-15(12(2)21)16-10-17(19-11-18-16)20-13-7-5-8-14(9-13)22-3/h4-11,21H,1-2H2,3H3,(H,18,19,20)/b15-6+. The molecule has 0 atom stereocenters. The number of nitrogens with zero attached hydrogens (tertiary/aromatic N) is 2. The number of allylic oxidation sites excluding steroid dienone is 3. The van der Waals surface area contributed by atoms with Crippen LogP contribution in [0, 0.1) is 0 Å². The summed E-state index contributed by atoms with van der Waals surface area (Å²) in [6, 6.07) is 9.78. The van der Waals surface area contributed by atoms with Crippen molar-refractivity contribution in [3.05, 3.63) is 73.4 Å². The van der Waals surface area contributed by atoms with Crippen molar-refractivity contribution in [3.63, 3.8) is 0 Å². The molecule has 4 nitrogen and oxygen atoms in total. The van der Waals surface area contributed by atoms with E-state index < -0.39 is 0 Å². The molecule has 2 N–H and O–H groups in total. The quantitative estimate of drug-likeness (QED) is 0.464. The van der Waals surface area contributed by atoms with E-state index in [1.807, 2.05) is 30.5 Å². The maximum Gasteiger partial charge on any atom is 0.134 e. The molecule has 112 valence electrons. The highest BCUT2D eigenvalue weighted by Gasteiger charge is 2.07. The van der Waals surface area contributed by atoms with Crippen LogP contribution >= 0.6 is 11.8 Å². The Morgan fingerprint density at radius 1 is 1.32 bits per heavy atom. The molecule has 1 aromatic carbocycles. The van der Waals surface area contributed by atoms with Crippen molar-refractivity contribution in [3.8, 4) is 0 Å². The number of thioether (sulfide) groups is 1. The van der Waals surface area contributed by atoms with E-state index in [1.54, 1.807) is 30.0 Å². The van der Waals surface area contributed by atoms with Crippen LogP contribution in [0.1, 0.15) is 5.69 Å². The fourth-order valence-corrected chi connectivity index (χ4v) is 2.33. The van der Waals surface area contributed by atoms with Gasteiger partial charge in [-0.05, 0) is 30.5 Å². The molecular formula is C17H17N3OS. The highest BCUT2D eigenvalue weighted by atomic mass is 32.2. The summed E-state index contributed by atoms with van der Waals surface area (Å²) in [5.74, 6) is 0.577. The van der Waals surface area contributed by atoms with Gasteiger partial charge in [0.2, 0.25) is 0 Å². The van der Waals surface area contributed by atoms with E-state index in [4.69, 9.17) is 0 Å². The molecule has 2 rings (SSSR count). The van der Waals surface area contributed by atoms with Crippen LogP contribution < -0.4 is 5.32 Å². The van der Waals surface area contributed by atoms with Crippen LogP contribution in [-0.4, -0.2) is 21.3 Å². The van der Waals surface area contributed by atoms with E-state index in [1.165, 1.54) is 6.33 Å². The lowest BCUT2D eigenvalue weighted by Gasteiger charge is -2.09. The second-order valence-electron chi connectivity index (χ2n) is 4.41. The minimum absolute atomic E-state index is 0.0612. The molecular weight excluding hydrogens is 294 g/mol. The Balaban J connectivity index is 2.30. The molecule has 0 saturated carbocycles. The number of hydrogen-bond donors (Lipinski definition) is 2. The second kappa shape index (κ2) is 7.47. The van der Waals surface area contributed by atoms with Gasteiger partial charge in [-0.25, -0.2) is 9.97 Å². The van der Waals surface area contributed by atoms with E-state index >= 15 is 0 Å². The smallest absolute Gasteiger partial charge is 0.134 e. The molecule has 0 spiro atoms. The first-order valence-corrected chi connectivity index (χ1v) is 7.81. The average Bonchev–Trinajstić information content (AvgIpc) is 2.52. The molecule has 0 unspecified atom stereocenters. The second-order valence-corrected chi connectivity index (χ2v) is 5.29. The molecule has 0 radical (unpaired) electrons. The molecule has 5 heteroatoms. The molecule has 0 amide bonds. The van der Waals surface area contributed by atoms with Crippen LogP contribution in [0.2, 0.25) is 0 Å². The van der Waals surface area contributed by atoms with Gasteiger partial charge in [0.15, 0.2) is 0 Å². The van der Waals surface area contributed by atoms with Gasteiger partial charge in [0.1, 0.15) is 17.9 Å². The Hall–Kier alpha value is -2.53. The first kappa shape index (κ1) is 15.9. The minimum Gasteiger partial charge on any atom is -0.508 e. The van der Waals surface area contributed by atoms with Crippen molar-refractivity contribution in [2.75, 3.05) is 11.6 Å². The number of aliphatic hydroxyl groups excluding tert-OH is 1. The Morgan fingerprint density at radius 3 is 2.82 bits per heavy atom. The Labute approximate surface area is 134 Å². The highest BCUT2D eigenvalue weighted by molar-refractivity contribution is 7.98. The zero-order valence-corrected chi connectivity index (χ0v) is 13.1. The summed E-state index contributed by atoms with van der Waals surface area (Å²) in [6.07, 6.45) is 6.70. The molecule has 0 fully saturated rings. The first-order valence-electron chi connectivity index (χ1n) is 6.58. The summed E-state index contributed by atoms with van der Waals surface area (Å²) in [6.45, 7) is 7.17. The van der Waals surface area contributed by atoms with Gasteiger partial charge >= 0.3 is 0 Å². The van der Waals surface area contributed by atoms with Gasteiger partial charge < -0.3 is 10.4 Å². The molecule has 1 aromatic heterocycles. The Kier molecular flexibility index (Phi) is 5.38. The first-order chi connectivity index (χ1) is 10.6. The van der Waals surface area contributed by atoms with Crippen LogP contribution in [0.5, 0.6) is 0 Å². The third-order valence-corrected chi connectivity index (χ3v) is 3.61. The largest absolute Gasteiger partial charge is 0.508 e. The molecule has 1 heterocycles. The van der Waals surface area contributed by atoms with E-state index in [0.717, 1.165) is 10.6 Å². The average molecular weight is 311 g/mol. The molecule has 0 aliphatic carbocycles. The number of anilines is 2. The lowest BCUT2D eigenvalue weighted by atomic mass is 10.1. The summed E-state index contributed by atoms with van der Waals surface area (Å²) in [4.78, 5) is 9.52. The fourth-order valence-electron chi connectivity index (χ4n) is 1.87. The van der Waals surface area contributed by atoms with Crippen molar-refractivity contribution in [2.45, 2.75) is 4.90 Å². The van der Waals surface area contributed by atoms with Crippen LogP contribution in [-0.2, 0) is 0 Å². The highest BCUT2D eigenvalue weighted by Crippen LogP contribution is 2.24. The zero-order valence-electron chi connectivity index (χ0n) is 12.3. The maximum absolute atomic E-state index is 9.65. The third kappa shape index (κ3) is 3.99. The lowest BCUT2D eigenvalue weighted by molar-refractivity contribution is 0.440. The Morgan fingerprint density at radius 2 is 2.14 bits per heavy atom. The number of aliphatic hydroxyl groups is 1. The van der Waals surface area contributed by atoms with Crippen LogP contribution in [0.25, 0.3) is 5.57 Å². The molecule has 0 aliphatic rings. The van der Waals surface area contributed by atoms with Gasteiger partial charge in [0.05, 0.1) is 5.69 Å². The van der Waals surface area contributed by atoms with Crippen molar-refractivity contribution in [1.29, 1.82) is 0 Å². The predicted molar refractivity (Wildman–Crippen MR) is 93.5 cm³/mol. The molecule has 2 aromatic rings. The number of hydrogen-bond acceptors (Lipinski definition) is 5. The van der Waals surface area contributed by atoms with Crippen LogP contribution in [0.4, 0.5) is 11.5 Å². The van der Waals surface area contributed by atoms with Crippen molar-refractivity contribution in [1.82, 2.24) is 9.97 Å². The summed E-state index contributed by atoms with van der Waals surface area (Å²) in [5.41, 5.74) is 2.03. The van der Waals surface area contributed by atoms with E-state index in [9.17, 15) is 5.11 Å². The van der Waals surface area contributed by atoms with Crippen LogP contribution in [0.3, 0.4) is 0 Å². The Bertz CT molecular complexity index is 725. The maximum atomic E-state index is 9.65. The molecule has 0 saturated heterocycles. The summed E-state index contributed by atoms with van der Waals surface area (Å²) >= 11 is 1.67. The van der Waals surface area contributed by atoms with Gasteiger partial charge in [-0.3, -0.25) is 0 Å². The predicted octanol–water partition coefficient (Wildman–Crippen LogP) is 4.58. The molecule has 0 bridgehead atoms. The minimum atomic E-state index is -0.0612. The van der Waals surface area contributed by atoms with Crippen LogP contribution in [0.15, 0.2) is 72.6 Å². The van der Waals surface area contributed by atoms with Crippen molar-refractivity contribution < 1.29 is 5.11 Å². The van der Waals surface area contributed by atoms with E-state index in [2.05, 4.69) is 28.4 Å². The molecule has 0 aliphatic heterocycles. The third-order valence-electron chi connectivity index (χ3n) is 2.88. The topological polar surface area (TPSA) is 58.0 Å². The van der Waals surface area contributed by atoms with Crippen molar-refractivity contribution >= 4 is 28.8 Å². The van der Waals surface area contributed by atoms with E-state index in [-0.39, 0.29) is 5.76 Å². The van der Waals surface area contributed by atoms with E-state index in [0.29, 0.717) is 17.1 Å². The normalized spacial score (nSPS) is 11.0. The monoisotopic (exact) mass is 311 g/mol. The summed E-state index contributed by atoms with van der Waals surface area (Å²) in [7, 11) is 0. The summed E-state index contributed by atoms with van der Waals surface area (Å²) < 4.78 is 0. The van der Waals surface area contributed by atoms with Gasteiger partial charge in [-0.1, -0.05) is 25.3 Å². The number of benzene rings is 1. The van der Waals surface area contributed by atoms with Gasteiger partial charge in [-0.15, -0.1) is 11.8 Å². The number of nitrogens with one attached hydrogen (secondary N) is 1. The SMILES string of the molecule is C=C/C=C(\C(=C)O)c1cc(Nc2cccc(SC)c2)ncn1. The van der Waals surface area contributed by atoms with Gasteiger partial charge in [-0.2, -0.15) is 0 Å². The number of aromatic nitrogens is 2. The van der Waals surface area contributed by atoms with Crippen molar-refractivity contribution in [2.24, 2.45) is 0 Å². The fraction of sp³-hybridized carbons (Fsp3) is 0.0588. The number of rotatable bonds is 6. The van der Waals surface area contributed by atoms with Gasteiger partial charge in [0, 0.05) is 22.2 Å². The zero-order chi connectivity index (χ0) is 15.9. The summed E-state index contributed by atoms with van der Waals surface area (Å²) in [5, 5.41) is 12.9.